The Morgan fingerprint density at radius 2 is 2.04 bits per heavy atom. The summed E-state index contributed by atoms with van der Waals surface area (Å²) in [6, 6.07) is 8.97. The van der Waals surface area contributed by atoms with Crippen molar-refractivity contribution < 1.29 is 9.90 Å². The first-order chi connectivity index (χ1) is 10.8. The number of rotatable bonds is 5. The van der Waals surface area contributed by atoms with E-state index in [1.807, 2.05) is 57.3 Å². The number of para-hydroxylation sites is 2. The molecule has 0 saturated carbocycles. The van der Waals surface area contributed by atoms with Crippen molar-refractivity contribution in [2.45, 2.75) is 33.3 Å². The molecular weight excluding hydrogens is 292 g/mol. The van der Waals surface area contributed by atoms with Gasteiger partial charge in [-0.25, -0.2) is 9.48 Å². The monoisotopic (exact) mass is 316 g/mol. The molecule has 6 nitrogen and oxygen atoms in total. The molecule has 2 amide bonds. The van der Waals surface area contributed by atoms with E-state index in [-0.39, 0.29) is 18.5 Å². The van der Waals surface area contributed by atoms with Crippen molar-refractivity contribution in [3.05, 3.63) is 42.2 Å². The van der Waals surface area contributed by atoms with Crippen molar-refractivity contribution >= 4 is 11.7 Å². The molecule has 0 aliphatic rings. The van der Waals surface area contributed by atoms with Crippen LogP contribution >= 0.6 is 0 Å². The number of nitrogens with one attached hydrogen (secondary N) is 2. The third-order valence-electron chi connectivity index (χ3n) is 3.97. The molecule has 1 aromatic heterocycles. The maximum Gasteiger partial charge on any atom is 0.319 e. The normalized spacial score (nSPS) is 13.7. The molecule has 2 aromatic rings. The summed E-state index contributed by atoms with van der Waals surface area (Å²) in [6.07, 6.45) is 1.84. The van der Waals surface area contributed by atoms with Crippen molar-refractivity contribution in [1.29, 1.82) is 0 Å². The number of benzene rings is 1. The van der Waals surface area contributed by atoms with Crippen LogP contribution in [0.1, 0.15) is 26.5 Å². The number of aryl methyl sites for hydroxylation is 1. The largest absolute Gasteiger partial charge is 0.388 e. The molecule has 0 spiro atoms. The number of carbonyl (C=O) groups is 1. The van der Waals surface area contributed by atoms with E-state index in [0.29, 0.717) is 5.69 Å². The summed E-state index contributed by atoms with van der Waals surface area (Å²) >= 11 is 0. The van der Waals surface area contributed by atoms with Gasteiger partial charge in [0.05, 0.1) is 22.7 Å². The topological polar surface area (TPSA) is 79.2 Å². The lowest BCUT2D eigenvalue weighted by atomic mass is 9.93. The Kier molecular flexibility index (Phi) is 5.05. The highest BCUT2D eigenvalue weighted by molar-refractivity contribution is 5.91. The van der Waals surface area contributed by atoms with E-state index in [2.05, 4.69) is 15.7 Å². The minimum absolute atomic E-state index is 0.0436. The van der Waals surface area contributed by atoms with Gasteiger partial charge in [-0.2, -0.15) is 5.10 Å². The van der Waals surface area contributed by atoms with Gasteiger partial charge < -0.3 is 15.7 Å². The predicted octanol–water partition coefficient (Wildman–Crippen LogP) is 2.71. The number of hydrogen-bond acceptors (Lipinski definition) is 3. The number of anilines is 1. The summed E-state index contributed by atoms with van der Waals surface area (Å²) in [7, 11) is 0. The Morgan fingerprint density at radius 1 is 1.35 bits per heavy atom. The quantitative estimate of drug-likeness (QED) is 0.793. The van der Waals surface area contributed by atoms with E-state index in [0.717, 1.165) is 11.4 Å². The number of carbonyl (C=O) groups excluding carboxylic acids is 1. The summed E-state index contributed by atoms with van der Waals surface area (Å²) < 4.78 is 1.72. The molecule has 0 aliphatic heterocycles. The number of hydrogen-bond donors (Lipinski definition) is 3. The average Bonchev–Trinajstić information content (AvgIpc) is 2.92. The van der Waals surface area contributed by atoms with Crippen molar-refractivity contribution in [2.24, 2.45) is 5.92 Å². The lowest BCUT2D eigenvalue weighted by molar-refractivity contribution is 0.0170. The smallest absolute Gasteiger partial charge is 0.319 e. The molecular formula is C17H24N4O2. The van der Waals surface area contributed by atoms with Gasteiger partial charge in [0.15, 0.2) is 0 Å². The minimum Gasteiger partial charge on any atom is -0.388 e. The predicted molar refractivity (Wildman–Crippen MR) is 90.8 cm³/mol. The highest BCUT2D eigenvalue weighted by Gasteiger charge is 2.25. The lowest BCUT2D eigenvalue weighted by Crippen LogP contribution is -2.45. The van der Waals surface area contributed by atoms with Crippen LogP contribution in [0.2, 0.25) is 0 Å². The van der Waals surface area contributed by atoms with Gasteiger partial charge in [-0.1, -0.05) is 26.0 Å². The van der Waals surface area contributed by atoms with E-state index in [1.54, 1.807) is 11.6 Å². The molecule has 0 aliphatic carbocycles. The third-order valence-corrected chi connectivity index (χ3v) is 3.97. The van der Waals surface area contributed by atoms with Gasteiger partial charge in [0, 0.05) is 12.7 Å². The molecule has 1 unspecified atom stereocenters. The van der Waals surface area contributed by atoms with Crippen LogP contribution in [-0.2, 0) is 0 Å². The van der Waals surface area contributed by atoms with Crippen molar-refractivity contribution in [3.63, 3.8) is 0 Å². The average molecular weight is 316 g/mol. The number of amides is 2. The Balaban J connectivity index is 2.07. The van der Waals surface area contributed by atoms with Crippen LogP contribution in [-0.4, -0.2) is 33.1 Å². The lowest BCUT2D eigenvalue weighted by Gasteiger charge is -2.27. The fraction of sp³-hybridized carbons (Fsp3) is 0.412. The fourth-order valence-electron chi connectivity index (χ4n) is 1.96. The zero-order valence-corrected chi connectivity index (χ0v) is 14.0. The molecule has 0 bridgehead atoms. The molecule has 124 valence electrons. The number of aliphatic hydroxyl groups is 1. The second-order valence-electron chi connectivity index (χ2n) is 6.24. The van der Waals surface area contributed by atoms with Crippen LogP contribution in [0, 0.1) is 12.8 Å². The van der Waals surface area contributed by atoms with E-state index < -0.39 is 5.60 Å². The number of urea groups is 1. The van der Waals surface area contributed by atoms with Gasteiger partial charge in [0.2, 0.25) is 0 Å². The SMILES string of the molecule is Cc1ccn(-c2ccccc2NC(=O)NCC(C)(O)C(C)C)n1. The molecule has 1 aromatic carbocycles. The molecule has 3 N–H and O–H groups in total. The molecule has 0 radical (unpaired) electrons. The van der Waals surface area contributed by atoms with E-state index >= 15 is 0 Å². The Labute approximate surface area is 136 Å². The van der Waals surface area contributed by atoms with Crippen LogP contribution in [0.3, 0.4) is 0 Å². The second-order valence-corrected chi connectivity index (χ2v) is 6.24. The number of nitrogens with zero attached hydrogens (tertiary/aromatic N) is 2. The van der Waals surface area contributed by atoms with E-state index in [1.165, 1.54) is 0 Å². The molecule has 1 heterocycles. The van der Waals surface area contributed by atoms with Crippen molar-refractivity contribution in [2.75, 3.05) is 11.9 Å². The Morgan fingerprint density at radius 3 is 2.65 bits per heavy atom. The Bertz CT molecular complexity index is 677. The van der Waals surface area contributed by atoms with Gasteiger partial charge in [-0.15, -0.1) is 0 Å². The van der Waals surface area contributed by atoms with E-state index in [9.17, 15) is 9.90 Å². The standard InChI is InChI=1S/C17H24N4O2/c1-12(2)17(4,23)11-18-16(22)19-14-7-5-6-8-15(14)21-10-9-13(3)20-21/h5-10,12,23H,11H2,1-4H3,(H2,18,19,22). The first kappa shape index (κ1) is 17.0. The van der Waals surface area contributed by atoms with Gasteiger partial charge in [0.25, 0.3) is 0 Å². The second kappa shape index (κ2) is 6.83. The molecule has 6 heteroatoms. The molecule has 0 fully saturated rings. The molecule has 23 heavy (non-hydrogen) atoms. The van der Waals surface area contributed by atoms with Gasteiger partial charge in [0.1, 0.15) is 0 Å². The molecule has 2 rings (SSSR count). The third kappa shape index (κ3) is 4.32. The summed E-state index contributed by atoms with van der Waals surface area (Å²) in [5.74, 6) is 0.0436. The maximum atomic E-state index is 12.1. The molecule has 0 saturated heterocycles. The van der Waals surface area contributed by atoms with Gasteiger partial charge in [-0.05, 0) is 38.0 Å². The fourth-order valence-corrected chi connectivity index (χ4v) is 1.96. The van der Waals surface area contributed by atoms with Crippen LogP contribution in [0.4, 0.5) is 10.5 Å². The highest BCUT2D eigenvalue weighted by Crippen LogP contribution is 2.19. The Hall–Kier alpha value is -2.34. The zero-order valence-electron chi connectivity index (χ0n) is 14.0. The summed E-state index contributed by atoms with van der Waals surface area (Å²) in [5, 5.41) is 20.1. The van der Waals surface area contributed by atoms with Crippen molar-refractivity contribution in [3.8, 4) is 5.69 Å². The van der Waals surface area contributed by atoms with Crippen LogP contribution in [0.5, 0.6) is 0 Å². The summed E-state index contributed by atoms with van der Waals surface area (Å²) in [5.41, 5.74) is 1.39. The first-order valence-corrected chi connectivity index (χ1v) is 7.68. The number of aromatic nitrogens is 2. The molecule has 1 atom stereocenters. The van der Waals surface area contributed by atoms with Gasteiger partial charge >= 0.3 is 6.03 Å². The first-order valence-electron chi connectivity index (χ1n) is 7.68. The summed E-state index contributed by atoms with van der Waals surface area (Å²) in [4.78, 5) is 12.1. The van der Waals surface area contributed by atoms with Crippen LogP contribution < -0.4 is 10.6 Å². The maximum absolute atomic E-state index is 12.1. The zero-order chi connectivity index (χ0) is 17.0. The van der Waals surface area contributed by atoms with E-state index in [4.69, 9.17) is 0 Å². The summed E-state index contributed by atoms with van der Waals surface area (Å²) in [6.45, 7) is 7.62. The minimum atomic E-state index is -0.948. The van der Waals surface area contributed by atoms with Crippen LogP contribution in [0.15, 0.2) is 36.5 Å². The van der Waals surface area contributed by atoms with Crippen LogP contribution in [0.25, 0.3) is 5.69 Å². The highest BCUT2D eigenvalue weighted by atomic mass is 16.3. The van der Waals surface area contributed by atoms with Gasteiger partial charge in [-0.3, -0.25) is 0 Å². The van der Waals surface area contributed by atoms with Crippen molar-refractivity contribution in [1.82, 2.24) is 15.1 Å².